The fourth-order valence-electron chi connectivity index (χ4n) is 3.37. The van der Waals surface area contributed by atoms with Crippen LogP contribution in [0.1, 0.15) is 25.3 Å². The van der Waals surface area contributed by atoms with E-state index >= 15 is 0 Å². The Morgan fingerprint density at radius 1 is 0.967 bits per heavy atom. The van der Waals surface area contributed by atoms with Gasteiger partial charge in [0.15, 0.2) is 0 Å². The Kier molecular flexibility index (Phi) is 6.91. The molecule has 1 fully saturated rings. The molecular weight excluding hydrogens is 426 g/mol. The topological polar surface area (TPSA) is 113 Å². The molecule has 0 bridgehead atoms. The zero-order valence-electron chi connectivity index (χ0n) is 16.6. The fourth-order valence-corrected chi connectivity index (χ4v) is 6.29. The molecule has 1 amide bonds. The Morgan fingerprint density at radius 2 is 1.57 bits per heavy atom. The van der Waals surface area contributed by atoms with Crippen molar-refractivity contribution in [1.82, 2.24) is 9.03 Å². The largest absolute Gasteiger partial charge is 0.326 e. The van der Waals surface area contributed by atoms with Gasteiger partial charge >= 0.3 is 0 Å². The highest BCUT2D eigenvalue weighted by molar-refractivity contribution is 7.89. The third kappa shape index (κ3) is 5.88. The van der Waals surface area contributed by atoms with E-state index in [1.807, 2.05) is 6.07 Å². The van der Waals surface area contributed by atoms with Crippen molar-refractivity contribution in [2.24, 2.45) is 0 Å². The number of carbonyl (C=O) groups is 1. The van der Waals surface area contributed by atoms with E-state index in [1.165, 1.54) is 23.4 Å². The quantitative estimate of drug-likeness (QED) is 0.668. The van der Waals surface area contributed by atoms with Crippen molar-refractivity contribution in [2.45, 2.75) is 36.5 Å². The summed E-state index contributed by atoms with van der Waals surface area (Å²) in [6.45, 7) is 1.84. The third-order valence-corrected chi connectivity index (χ3v) is 8.13. The average molecular weight is 452 g/mol. The Bertz CT molecular complexity index is 1080. The lowest BCUT2D eigenvalue weighted by atomic mass is 10.1. The summed E-state index contributed by atoms with van der Waals surface area (Å²) >= 11 is 0. The van der Waals surface area contributed by atoms with Crippen LogP contribution in [-0.2, 0) is 30.6 Å². The van der Waals surface area contributed by atoms with Crippen molar-refractivity contribution in [3.63, 3.8) is 0 Å². The maximum Gasteiger partial charge on any atom is 0.243 e. The molecule has 3 rings (SSSR count). The van der Waals surface area contributed by atoms with Crippen LogP contribution < -0.4 is 10.0 Å². The molecule has 0 saturated carbocycles. The first-order valence-electron chi connectivity index (χ1n) is 9.57. The number of hydrogen-bond donors (Lipinski definition) is 2. The molecule has 162 valence electrons. The highest BCUT2D eigenvalue weighted by Crippen LogP contribution is 2.23. The van der Waals surface area contributed by atoms with E-state index in [2.05, 4.69) is 10.0 Å². The standard InChI is InChI=1S/C20H25N3O5S2/c1-16(24)21-18-7-9-20(10-8-18)30(27,28)23-13-11-19(12-14-23)22-29(25,26)15-17-5-3-2-4-6-17/h2-10,19,22H,11-15H2,1H3,(H,21,24). The lowest BCUT2D eigenvalue weighted by Gasteiger charge is -2.31. The van der Waals surface area contributed by atoms with E-state index in [0.717, 1.165) is 0 Å². The van der Waals surface area contributed by atoms with Crippen molar-refractivity contribution < 1.29 is 21.6 Å². The van der Waals surface area contributed by atoms with Crippen LogP contribution >= 0.6 is 0 Å². The number of benzene rings is 2. The molecular formula is C20H25N3O5S2. The minimum atomic E-state index is -3.68. The Morgan fingerprint density at radius 3 is 2.13 bits per heavy atom. The Balaban J connectivity index is 1.58. The van der Waals surface area contributed by atoms with Crippen molar-refractivity contribution >= 4 is 31.6 Å². The fraction of sp³-hybridized carbons (Fsp3) is 0.350. The van der Waals surface area contributed by atoms with E-state index in [-0.39, 0.29) is 35.7 Å². The van der Waals surface area contributed by atoms with Crippen LogP contribution in [0.15, 0.2) is 59.5 Å². The summed E-state index contributed by atoms with van der Waals surface area (Å²) in [6.07, 6.45) is 0.800. The maximum atomic E-state index is 12.9. The second-order valence-electron chi connectivity index (χ2n) is 7.25. The molecule has 1 aliphatic rings. The van der Waals surface area contributed by atoms with E-state index in [4.69, 9.17) is 0 Å². The van der Waals surface area contributed by atoms with Crippen molar-refractivity contribution in [1.29, 1.82) is 0 Å². The van der Waals surface area contributed by atoms with Crippen LogP contribution in [0.2, 0.25) is 0 Å². The molecule has 30 heavy (non-hydrogen) atoms. The van der Waals surface area contributed by atoms with Crippen LogP contribution in [-0.4, -0.2) is 46.2 Å². The molecule has 1 heterocycles. The monoisotopic (exact) mass is 451 g/mol. The normalized spacial score (nSPS) is 16.3. The highest BCUT2D eigenvalue weighted by Gasteiger charge is 2.31. The lowest BCUT2D eigenvalue weighted by Crippen LogP contribution is -2.46. The minimum Gasteiger partial charge on any atom is -0.326 e. The predicted octanol–water partition coefficient (Wildman–Crippen LogP) is 1.92. The molecule has 0 radical (unpaired) electrons. The summed E-state index contributed by atoms with van der Waals surface area (Å²) in [6, 6.07) is 14.6. The number of anilines is 1. The molecule has 8 nitrogen and oxygen atoms in total. The van der Waals surface area contributed by atoms with E-state index in [1.54, 1.807) is 36.4 Å². The number of nitrogens with zero attached hydrogens (tertiary/aromatic N) is 1. The number of nitrogens with one attached hydrogen (secondary N) is 2. The van der Waals surface area contributed by atoms with Gasteiger partial charge in [0, 0.05) is 31.7 Å². The van der Waals surface area contributed by atoms with E-state index < -0.39 is 20.0 Å². The molecule has 2 N–H and O–H groups in total. The number of piperidine rings is 1. The van der Waals surface area contributed by atoms with Gasteiger partial charge in [-0.1, -0.05) is 30.3 Å². The van der Waals surface area contributed by atoms with Crippen LogP contribution in [0.5, 0.6) is 0 Å². The van der Waals surface area contributed by atoms with Gasteiger partial charge in [-0.3, -0.25) is 4.79 Å². The summed E-state index contributed by atoms with van der Waals surface area (Å²) in [7, 11) is -7.19. The second-order valence-corrected chi connectivity index (χ2v) is 10.9. The van der Waals surface area contributed by atoms with Gasteiger partial charge in [0.05, 0.1) is 10.6 Å². The zero-order valence-corrected chi connectivity index (χ0v) is 18.2. The first-order valence-corrected chi connectivity index (χ1v) is 12.7. The number of amides is 1. The smallest absolute Gasteiger partial charge is 0.243 e. The molecule has 2 aromatic rings. The third-order valence-electron chi connectivity index (χ3n) is 4.81. The number of carbonyl (C=O) groups excluding carboxylic acids is 1. The summed E-state index contributed by atoms with van der Waals surface area (Å²) in [5.41, 5.74) is 1.22. The molecule has 2 aromatic carbocycles. The molecule has 0 atom stereocenters. The second kappa shape index (κ2) is 9.25. The van der Waals surface area contributed by atoms with Crippen LogP contribution in [0.3, 0.4) is 0 Å². The summed E-state index contributed by atoms with van der Waals surface area (Å²) in [4.78, 5) is 11.2. The van der Waals surface area contributed by atoms with E-state index in [0.29, 0.717) is 24.1 Å². The molecule has 10 heteroatoms. The molecule has 0 aliphatic carbocycles. The van der Waals surface area contributed by atoms with Gasteiger partial charge in [-0.05, 0) is 42.7 Å². The van der Waals surface area contributed by atoms with Crippen molar-refractivity contribution in [3.8, 4) is 0 Å². The van der Waals surface area contributed by atoms with Gasteiger partial charge in [-0.25, -0.2) is 21.6 Å². The van der Waals surface area contributed by atoms with Crippen LogP contribution in [0, 0.1) is 0 Å². The summed E-state index contributed by atoms with van der Waals surface area (Å²) < 4.78 is 54.6. The van der Waals surface area contributed by atoms with Gasteiger partial charge < -0.3 is 5.32 Å². The minimum absolute atomic E-state index is 0.104. The summed E-state index contributed by atoms with van der Waals surface area (Å²) in [5, 5.41) is 2.60. The van der Waals surface area contributed by atoms with Gasteiger partial charge in [0.1, 0.15) is 0 Å². The highest BCUT2D eigenvalue weighted by atomic mass is 32.2. The van der Waals surface area contributed by atoms with Gasteiger partial charge in [-0.15, -0.1) is 0 Å². The number of sulfonamides is 2. The molecule has 0 aromatic heterocycles. The SMILES string of the molecule is CC(=O)Nc1ccc(S(=O)(=O)N2CCC(NS(=O)(=O)Cc3ccccc3)CC2)cc1. The van der Waals surface area contributed by atoms with Crippen LogP contribution in [0.4, 0.5) is 5.69 Å². The first kappa shape index (κ1) is 22.4. The maximum absolute atomic E-state index is 12.9. The Hall–Kier alpha value is -2.27. The van der Waals surface area contributed by atoms with Gasteiger partial charge in [-0.2, -0.15) is 4.31 Å². The number of hydrogen-bond acceptors (Lipinski definition) is 5. The van der Waals surface area contributed by atoms with Gasteiger partial charge in [0.2, 0.25) is 26.0 Å². The molecule has 1 aliphatic heterocycles. The Labute approximate surface area is 177 Å². The van der Waals surface area contributed by atoms with Crippen LogP contribution in [0.25, 0.3) is 0 Å². The molecule has 0 spiro atoms. The average Bonchev–Trinajstić information content (AvgIpc) is 2.68. The predicted molar refractivity (Wildman–Crippen MR) is 115 cm³/mol. The summed E-state index contributed by atoms with van der Waals surface area (Å²) in [5.74, 6) is -0.338. The van der Waals surface area contributed by atoms with E-state index in [9.17, 15) is 21.6 Å². The van der Waals surface area contributed by atoms with Gasteiger partial charge in [0.25, 0.3) is 0 Å². The molecule has 0 unspecified atom stereocenters. The van der Waals surface area contributed by atoms with Crippen molar-refractivity contribution in [3.05, 3.63) is 60.2 Å². The first-order chi connectivity index (χ1) is 14.2. The lowest BCUT2D eigenvalue weighted by molar-refractivity contribution is -0.114. The number of rotatable bonds is 7. The molecule has 1 saturated heterocycles. The zero-order chi connectivity index (χ0) is 21.8. The van der Waals surface area contributed by atoms with Crippen molar-refractivity contribution in [2.75, 3.05) is 18.4 Å².